The van der Waals surface area contributed by atoms with Crippen LogP contribution in [0.15, 0.2) is 18.2 Å². The summed E-state index contributed by atoms with van der Waals surface area (Å²) in [5.41, 5.74) is 3.43. The zero-order valence-corrected chi connectivity index (χ0v) is 10.6. The van der Waals surface area contributed by atoms with Crippen LogP contribution in [0.25, 0.3) is 0 Å². The molecule has 0 radical (unpaired) electrons. The fourth-order valence-electron chi connectivity index (χ4n) is 2.57. The van der Waals surface area contributed by atoms with Gasteiger partial charge in [-0.1, -0.05) is 6.07 Å². The lowest BCUT2D eigenvalue weighted by Crippen LogP contribution is -2.24. The standard InChI is InChI=1S/C14H15N3O2/c15-8-13-9-17(14(18)19-13)12-2-1-10-3-5-16-6-4-11(10)7-12/h1-2,7,13,16H,3-6,9H2/t13-/m0/s1. The number of carbonyl (C=O) groups excluding carboxylic acids is 1. The second kappa shape index (κ2) is 4.90. The molecule has 3 rings (SSSR count). The summed E-state index contributed by atoms with van der Waals surface area (Å²) in [5, 5.41) is 12.2. The number of fused-ring (bicyclic) bond motifs is 1. The van der Waals surface area contributed by atoms with E-state index in [1.807, 2.05) is 18.2 Å². The van der Waals surface area contributed by atoms with Crippen molar-refractivity contribution in [2.45, 2.75) is 18.9 Å². The van der Waals surface area contributed by atoms with Crippen molar-refractivity contribution in [1.82, 2.24) is 5.32 Å². The van der Waals surface area contributed by atoms with Gasteiger partial charge in [-0.25, -0.2) is 4.79 Å². The normalized spacial score (nSPS) is 22.4. The number of rotatable bonds is 1. The number of hydrogen-bond donors (Lipinski definition) is 1. The van der Waals surface area contributed by atoms with Crippen LogP contribution in [0.3, 0.4) is 0 Å². The van der Waals surface area contributed by atoms with Gasteiger partial charge >= 0.3 is 6.09 Å². The molecule has 0 spiro atoms. The first-order chi connectivity index (χ1) is 9.28. The number of ether oxygens (including phenoxy) is 1. The Morgan fingerprint density at radius 2 is 2.11 bits per heavy atom. The molecule has 1 N–H and O–H groups in total. The van der Waals surface area contributed by atoms with Gasteiger partial charge in [0.15, 0.2) is 0 Å². The first kappa shape index (κ1) is 12.0. The topological polar surface area (TPSA) is 65.4 Å². The van der Waals surface area contributed by atoms with E-state index in [0.717, 1.165) is 31.6 Å². The third-order valence-corrected chi connectivity index (χ3v) is 3.60. The van der Waals surface area contributed by atoms with Gasteiger partial charge in [0.25, 0.3) is 0 Å². The molecule has 2 aliphatic rings. The lowest BCUT2D eigenvalue weighted by atomic mass is 10.0. The van der Waals surface area contributed by atoms with Gasteiger partial charge in [0, 0.05) is 5.69 Å². The largest absolute Gasteiger partial charge is 0.428 e. The highest BCUT2D eigenvalue weighted by Gasteiger charge is 2.32. The molecular formula is C14H15N3O2. The lowest BCUT2D eigenvalue weighted by molar-refractivity contribution is 0.162. The Morgan fingerprint density at radius 3 is 2.84 bits per heavy atom. The Kier molecular flexibility index (Phi) is 3.10. The summed E-state index contributed by atoms with van der Waals surface area (Å²) in [4.78, 5) is 13.3. The third-order valence-electron chi connectivity index (χ3n) is 3.60. The van der Waals surface area contributed by atoms with E-state index in [4.69, 9.17) is 10.00 Å². The maximum absolute atomic E-state index is 11.7. The van der Waals surface area contributed by atoms with Crippen molar-refractivity contribution in [1.29, 1.82) is 5.26 Å². The van der Waals surface area contributed by atoms with Crippen molar-refractivity contribution in [2.75, 3.05) is 24.5 Å². The molecule has 1 amide bonds. The molecule has 0 unspecified atom stereocenters. The van der Waals surface area contributed by atoms with Gasteiger partial charge in [-0.05, 0) is 49.2 Å². The Labute approximate surface area is 111 Å². The summed E-state index contributed by atoms with van der Waals surface area (Å²) in [6, 6.07) is 8.03. The molecular weight excluding hydrogens is 242 g/mol. The fourth-order valence-corrected chi connectivity index (χ4v) is 2.57. The number of amides is 1. The molecule has 1 saturated heterocycles. The van der Waals surface area contributed by atoms with Gasteiger partial charge in [0.2, 0.25) is 6.10 Å². The SMILES string of the molecule is N#C[C@H]1CN(c2ccc3c(c2)CCNCC3)C(=O)O1. The number of nitrogens with one attached hydrogen (secondary N) is 1. The van der Waals surface area contributed by atoms with Crippen molar-refractivity contribution >= 4 is 11.8 Å². The first-order valence-corrected chi connectivity index (χ1v) is 6.48. The van der Waals surface area contributed by atoms with Crippen molar-refractivity contribution < 1.29 is 9.53 Å². The predicted octanol–water partition coefficient (Wildman–Crippen LogP) is 1.22. The van der Waals surface area contributed by atoms with Crippen LogP contribution in [-0.4, -0.2) is 31.8 Å². The molecule has 98 valence electrons. The predicted molar refractivity (Wildman–Crippen MR) is 69.9 cm³/mol. The van der Waals surface area contributed by atoms with E-state index in [-0.39, 0.29) is 0 Å². The van der Waals surface area contributed by atoms with Gasteiger partial charge in [-0.3, -0.25) is 4.90 Å². The molecule has 5 heteroatoms. The van der Waals surface area contributed by atoms with Gasteiger partial charge in [0.1, 0.15) is 6.07 Å². The zero-order valence-electron chi connectivity index (χ0n) is 10.6. The maximum Gasteiger partial charge on any atom is 0.415 e. The van der Waals surface area contributed by atoms with Crippen LogP contribution < -0.4 is 10.2 Å². The number of nitrogens with zero attached hydrogens (tertiary/aromatic N) is 2. The van der Waals surface area contributed by atoms with Crippen molar-refractivity contribution in [3.63, 3.8) is 0 Å². The second-order valence-electron chi connectivity index (χ2n) is 4.82. The number of anilines is 1. The number of benzene rings is 1. The van der Waals surface area contributed by atoms with Crippen LogP contribution in [0, 0.1) is 11.3 Å². The van der Waals surface area contributed by atoms with E-state index in [1.54, 1.807) is 0 Å². The smallest absolute Gasteiger partial charge is 0.415 e. The van der Waals surface area contributed by atoms with Crippen LogP contribution >= 0.6 is 0 Å². The van der Waals surface area contributed by atoms with E-state index in [0.29, 0.717) is 6.54 Å². The molecule has 0 bridgehead atoms. The Bertz CT molecular complexity index is 550. The zero-order chi connectivity index (χ0) is 13.2. The molecule has 2 heterocycles. The summed E-state index contributed by atoms with van der Waals surface area (Å²) in [6.07, 6.45) is 0.889. The fraction of sp³-hybridized carbons (Fsp3) is 0.429. The molecule has 19 heavy (non-hydrogen) atoms. The molecule has 0 aromatic heterocycles. The van der Waals surface area contributed by atoms with E-state index in [2.05, 4.69) is 11.4 Å². The van der Waals surface area contributed by atoms with E-state index in [9.17, 15) is 4.79 Å². The van der Waals surface area contributed by atoms with Crippen molar-refractivity contribution in [3.05, 3.63) is 29.3 Å². The van der Waals surface area contributed by atoms with Crippen LogP contribution in [0.2, 0.25) is 0 Å². The summed E-state index contributed by atoms with van der Waals surface area (Å²) in [7, 11) is 0. The summed E-state index contributed by atoms with van der Waals surface area (Å²) < 4.78 is 4.96. The minimum atomic E-state index is -0.659. The third kappa shape index (κ3) is 2.27. The molecule has 1 atom stereocenters. The number of hydrogen-bond acceptors (Lipinski definition) is 4. The molecule has 2 aliphatic heterocycles. The summed E-state index contributed by atoms with van der Waals surface area (Å²) in [6.45, 7) is 2.27. The quantitative estimate of drug-likeness (QED) is 0.821. The highest BCUT2D eigenvalue weighted by Crippen LogP contribution is 2.25. The average molecular weight is 257 g/mol. The van der Waals surface area contributed by atoms with E-state index >= 15 is 0 Å². The minimum absolute atomic E-state index is 0.312. The molecule has 5 nitrogen and oxygen atoms in total. The van der Waals surface area contributed by atoms with E-state index < -0.39 is 12.2 Å². The first-order valence-electron chi connectivity index (χ1n) is 6.48. The molecule has 1 aromatic rings. The van der Waals surface area contributed by atoms with Crippen LogP contribution in [0.5, 0.6) is 0 Å². The van der Waals surface area contributed by atoms with Gasteiger partial charge in [-0.15, -0.1) is 0 Å². The molecule has 1 fully saturated rings. The highest BCUT2D eigenvalue weighted by atomic mass is 16.6. The second-order valence-corrected chi connectivity index (χ2v) is 4.82. The minimum Gasteiger partial charge on any atom is -0.428 e. The number of cyclic esters (lactones) is 1. The molecule has 1 aromatic carbocycles. The highest BCUT2D eigenvalue weighted by molar-refractivity contribution is 5.90. The van der Waals surface area contributed by atoms with Crippen LogP contribution in [-0.2, 0) is 17.6 Å². The maximum atomic E-state index is 11.7. The Morgan fingerprint density at radius 1 is 1.32 bits per heavy atom. The summed E-state index contributed by atoms with van der Waals surface area (Å²) in [5.74, 6) is 0. The Balaban J connectivity index is 1.88. The molecule has 0 saturated carbocycles. The summed E-state index contributed by atoms with van der Waals surface area (Å²) >= 11 is 0. The molecule has 0 aliphatic carbocycles. The van der Waals surface area contributed by atoms with Gasteiger partial charge in [-0.2, -0.15) is 5.26 Å². The lowest BCUT2D eigenvalue weighted by Gasteiger charge is -2.15. The van der Waals surface area contributed by atoms with E-state index in [1.165, 1.54) is 16.0 Å². The Hall–Kier alpha value is -2.06. The number of nitriles is 1. The van der Waals surface area contributed by atoms with Crippen molar-refractivity contribution in [2.24, 2.45) is 0 Å². The van der Waals surface area contributed by atoms with Crippen LogP contribution in [0.4, 0.5) is 10.5 Å². The average Bonchev–Trinajstić information content (AvgIpc) is 2.66. The monoisotopic (exact) mass is 257 g/mol. The van der Waals surface area contributed by atoms with Gasteiger partial charge in [0.05, 0.1) is 6.54 Å². The number of carbonyl (C=O) groups is 1. The van der Waals surface area contributed by atoms with Crippen LogP contribution in [0.1, 0.15) is 11.1 Å². The van der Waals surface area contributed by atoms with Crippen molar-refractivity contribution in [3.8, 4) is 6.07 Å². The van der Waals surface area contributed by atoms with Gasteiger partial charge < -0.3 is 10.1 Å².